The van der Waals surface area contributed by atoms with Gasteiger partial charge in [-0.3, -0.25) is 4.79 Å². The number of hydrogen-bond donors (Lipinski definition) is 1. The molecule has 0 aromatic heterocycles. The number of carbonyl (C=O) groups excluding carboxylic acids is 1. The van der Waals surface area contributed by atoms with Gasteiger partial charge in [-0.25, -0.2) is 8.42 Å². The van der Waals surface area contributed by atoms with Crippen LogP contribution in [0.2, 0.25) is 0 Å². The van der Waals surface area contributed by atoms with Gasteiger partial charge in [0, 0.05) is 37.0 Å². The summed E-state index contributed by atoms with van der Waals surface area (Å²) in [5.41, 5.74) is 2.07. The topological polar surface area (TPSA) is 75.7 Å². The Morgan fingerprint density at radius 1 is 1.21 bits per heavy atom. The van der Waals surface area contributed by atoms with Crippen LogP contribution >= 0.6 is 12.4 Å². The van der Waals surface area contributed by atoms with Gasteiger partial charge in [-0.1, -0.05) is 30.3 Å². The van der Waals surface area contributed by atoms with Crippen LogP contribution in [0.3, 0.4) is 0 Å². The molecule has 1 atom stereocenters. The van der Waals surface area contributed by atoms with Gasteiger partial charge in [0.15, 0.2) is 9.84 Å². The minimum absolute atomic E-state index is 0. The molecule has 3 rings (SSSR count). The Balaban J connectivity index is 0.00000280. The monoisotopic (exact) mass is 424 g/mol. The van der Waals surface area contributed by atoms with E-state index < -0.39 is 9.84 Å². The van der Waals surface area contributed by atoms with E-state index in [1.165, 1.54) is 6.26 Å². The minimum Gasteiger partial charge on any atom is -0.496 e. The van der Waals surface area contributed by atoms with Crippen LogP contribution in [0.4, 0.5) is 0 Å². The molecule has 0 aliphatic carbocycles. The quantitative estimate of drug-likeness (QED) is 0.797. The van der Waals surface area contributed by atoms with Crippen LogP contribution in [0.1, 0.15) is 27.5 Å². The van der Waals surface area contributed by atoms with Crippen LogP contribution in [-0.4, -0.2) is 52.2 Å². The van der Waals surface area contributed by atoms with Crippen molar-refractivity contribution in [2.24, 2.45) is 0 Å². The van der Waals surface area contributed by atoms with E-state index in [4.69, 9.17) is 4.74 Å². The molecule has 28 heavy (non-hydrogen) atoms. The fraction of sp³-hybridized carbons (Fsp3) is 0.350. The number of nitrogens with one attached hydrogen (secondary N) is 1. The van der Waals surface area contributed by atoms with Crippen molar-refractivity contribution < 1.29 is 17.9 Å². The highest BCUT2D eigenvalue weighted by Crippen LogP contribution is 2.31. The predicted molar refractivity (Wildman–Crippen MR) is 112 cm³/mol. The minimum atomic E-state index is -3.16. The SMILES string of the molecule is COc1ccccc1C1CNCCN1C(=O)c1cccc(CS(C)(=O)=O)c1.Cl. The third kappa shape index (κ3) is 5.25. The second kappa shape index (κ2) is 9.41. The van der Waals surface area contributed by atoms with Gasteiger partial charge in [-0.05, 0) is 23.8 Å². The number of nitrogens with zero attached hydrogens (tertiary/aromatic N) is 1. The first-order chi connectivity index (χ1) is 12.9. The van der Waals surface area contributed by atoms with Crippen molar-refractivity contribution in [3.05, 3.63) is 65.2 Å². The first-order valence-corrected chi connectivity index (χ1v) is 10.9. The molecule has 2 aromatic rings. The summed E-state index contributed by atoms with van der Waals surface area (Å²) in [6, 6.07) is 14.4. The number of ether oxygens (including phenoxy) is 1. The molecule has 1 aliphatic rings. The van der Waals surface area contributed by atoms with Gasteiger partial charge < -0.3 is 15.0 Å². The van der Waals surface area contributed by atoms with Gasteiger partial charge >= 0.3 is 0 Å². The average Bonchev–Trinajstić information content (AvgIpc) is 2.66. The molecule has 1 aliphatic heterocycles. The number of halogens is 1. The second-order valence-corrected chi connectivity index (χ2v) is 8.87. The smallest absolute Gasteiger partial charge is 0.254 e. The normalized spacial score (nSPS) is 16.9. The van der Waals surface area contributed by atoms with Crippen LogP contribution in [0, 0.1) is 0 Å². The molecule has 2 aromatic carbocycles. The van der Waals surface area contributed by atoms with E-state index >= 15 is 0 Å². The fourth-order valence-electron chi connectivity index (χ4n) is 3.43. The van der Waals surface area contributed by atoms with E-state index in [0.29, 0.717) is 30.8 Å². The molecule has 0 bridgehead atoms. The summed E-state index contributed by atoms with van der Waals surface area (Å²) in [7, 11) is -1.54. The molecule has 0 saturated carbocycles. The van der Waals surface area contributed by atoms with E-state index in [1.807, 2.05) is 29.2 Å². The van der Waals surface area contributed by atoms with Crippen molar-refractivity contribution >= 4 is 28.2 Å². The molecule has 1 amide bonds. The summed E-state index contributed by atoms with van der Waals surface area (Å²) in [6.45, 7) is 1.91. The molecule has 6 nitrogen and oxygen atoms in total. The Bertz CT molecular complexity index is 933. The lowest BCUT2D eigenvalue weighted by Gasteiger charge is -2.37. The third-order valence-corrected chi connectivity index (χ3v) is 5.46. The standard InChI is InChI=1S/C20H24N2O4S.ClH/c1-26-19-9-4-3-8-17(19)18-13-21-10-11-22(18)20(23)16-7-5-6-15(12-16)14-27(2,24)25;/h3-9,12,18,21H,10-11,13-14H2,1-2H3;1H. The highest BCUT2D eigenvalue weighted by Gasteiger charge is 2.30. The number of piperazine rings is 1. The van der Waals surface area contributed by atoms with Crippen molar-refractivity contribution in [3.63, 3.8) is 0 Å². The average molecular weight is 425 g/mol. The summed E-state index contributed by atoms with van der Waals surface area (Å²) in [6.07, 6.45) is 1.19. The van der Waals surface area contributed by atoms with Crippen LogP contribution in [-0.2, 0) is 15.6 Å². The van der Waals surface area contributed by atoms with Crippen molar-refractivity contribution in [1.82, 2.24) is 10.2 Å². The Hall–Kier alpha value is -2.09. The Kier molecular flexibility index (Phi) is 7.46. The summed E-state index contributed by atoms with van der Waals surface area (Å²) < 4.78 is 28.6. The highest BCUT2D eigenvalue weighted by molar-refractivity contribution is 7.89. The lowest BCUT2D eigenvalue weighted by Crippen LogP contribution is -2.48. The second-order valence-electron chi connectivity index (χ2n) is 6.73. The van der Waals surface area contributed by atoms with Gasteiger partial charge in [0.05, 0.1) is 18.9 Å². The maximum absolute atomic E-state index is 13.2. The van der Waals surface area contributed by atoms with Crippen molar-refractivity contribution in [1.29, 1.82) is 0 Å². The zero-order valence-electron chi connectivity index (χ0n) is 15.9. The molecule has 1 unspecified atom stereocenters. The zero-order valence-corrected chi connectivity index (χ0v) is 17.6. The number of amides is 1. The number of carbonyl (C=O) groups is 1. The van der Waals surface area contributed by atoms with E-state index in [9.17, 15) is 13.2 Å². The molecule has 1 fully saturated rings. The zero-order chi connectivity index (χ0) is 19.4. The van der Waals surface area contributed by atoms with Crippen molar-refractivity contribution in [2.45, 2.75) is 11.8 Å². The van der Waals surface area contributed by atoms with E-state index in [-0.39, 0.29) is 30.1 Å². The maximum atomic E-state index is 13.2. The molecule has 1 N–H and O–H groups in total. The first-order valence-electron chi connectivity index (χ1n) is 8.80. The molecule has 0 radical (unpaired) electrons. The van der Waals surface area contributed by atoms with Crippen LogP contribution in [0.5, 0.6) is 5.75 Å². The Labute approximate surface area is 172 Å². The van der Waals surface area contributed by atoms with Crippen LogP contribution in [0.25, 0.3) is 0 Å². The number of benzene rings is 2. The lowest BCUT2D eigenvalue weighted by atomic mass is 10.0. The lowest BCUT2D eigenvalue weighted by molar-refractivity contribution is 0.0631. The highest BCUT2D eigenvalue weighted by atomic mass is 35.5. The van der Waals surface area contributed by atoms with E-state index in [1.54, 1.807) is 31.4 Å². The van der Waals surface area contributed by atoms with E-state index in [2.05, 4.69) is 5.32 Å². The van der Waals surface area contributed by atoms with Crippen LogP contribution in [0.15, 0.2) is 48.5 Å². The molecule has 152 valence electrons. The van der Waals surface area contributed by atoms with Crippen LogP contribution < -0.4 is 10.1 Å². The van der Waals surface area contributed by atoms with Crippen molar-refractivity contribution in [3.8, 4) is 5.75 Å². The Morgan fingerprint density at radius 3 is 2.68 bits per heavy atom. The number of para-hydroxylation sites is 1. The number of hydrogen-bond acceptors (Lipinski definition) is 5. The molecule has 0 spiro atoms. The number of methoxy groups -OCH3 is 1. The van der Waals surface area contributed by atoms with Gasteiger partial charge in [-0.2, -0.15) is 0 Å². The van der Waals surface area contributed by atoms with E-state index in [0.717, 1.165) is 11.3 Å². The number of sulfone groups is 1. The molecular weight excluding hydrogens is 400 g/mol. The Morgan fingerprint density at radius 2 is 1.96 bits per heavy atom. The third-order valence-electron chi connectivity index (χ3n) is 4.60. The largest absolute Gasteiger partial charge is 0.496 e. The summed E-state index contributed by atoms with van der Waals surface area (Å²) >= 11 is 0. The van der Waals surface area contributed by atoms with Gasteiger partial charge in [-0.15, -0.1) is 12.4 Å². The van der Waals surface area contributed by atoms with Gasteiger partial charge in [0.25, 0.3) is 5.91 Å². The first kappa shape index (κ1) is 22.2. The molecule has 8 heteroatoms. The summed E-state index contributed by atoms with van der Waals surface area (Å²) in [5, 5.41) is 3.33. The maximum Gasteiger partial charge on any atom is 0.254 e. The predicted octanol–water partition coefficient (Wildman–Crippen LogP) is 2.45. The van der Waals surface area contributed by atoms with Crippen molar-refractivity contribution in [2.75, 3.05) is 33.0 Å². The van der Waals surface area contributed by atoms with Gasteiger partial charge in [0.2, 0.25) is 0 Å². The van der Waals surface area contributed by atoms with Gasteiger partial charge in [0.1, 0.15) is 5.75 Å². The fourth-order valence-corrected chi connectivity index (χ4v) is 4.21. The molecular formula is C20H25ClN2O4S. The molecule has 1 heterocycles. The summed E-state index contributed by atoms with van der Waals surface area (Å²) in [4.78, 5) is 15.0. The summed E-state index contributed by atoms with van der Waals surface area (Å²) in [5.74, 6) is 0.559. The molecule has 1 saturated heterocycles. The number of rotatable bonds is 5.